The predicted molar refractivity (Wildman–Crippen MR) is 107 cm³/mol. The van der Waals surface area contributed by atoms with Gasteiger partial charge in [0.05, 0.1) is 10.8 Å². The van der Waals surface area contributed by atoms with Crippen molar-refractivity contribution in [3.8, 4) is 0 Å². The summed E-state index contributed by atoms with van der Waals surface area (Å²) in [4.78, 5) is 26.3. The molecule has 28 heavy (non-hydrogen) atoms. The summed E-state index contributed by atoms with van der Waals surface area (Å²) in [7, 11) is 0. The number of carbonyl (C=O) groups is 2. The summed E-state index contributed by atoms with van der Waals surface area (Å²) < 4.78 is 13.3. The predicted octanol–water partition coefficient (Wildman–Crippen LogP) is 5.39. The van der Waals surface area contributed by atoms with Crippen LogP contribution in [-0.4, -0.2) is 16.7 Å². The summed E-state index contributed by atoms with van der Waals surface area (Å²) in [6.07, 6.45) is 0. The molecule has 1 unspecified atom stereocenters. The number of carbonyl (C=O) groups excluding carboxylic acids is 2. The highest BCUT2D eigenvalue weighted by Gasteiger charge is 2.37. The first-order valence-corrected chi connectivity index (χ1v) is 9.53. The zero-order valence-corrected chi connectivity index (χ0v) is 15.4. The van der Waals surface area contributed by atoms with Gasteiger partial charge in [0, 0.05) is 16.0 Å². The number of halogens is 1. The maximum atomic E-state index is 13.3. The fourth-order valence-electron chi connectivity index (χ4n) is 3.20. The van der Waals surface area contributed by atoms with Crippen LogP contribution in [0.15, 0.2) is 89.3 Å². The van der Waals surface area contributed by atoms with Crippen molar-refractivity contribution >= 4 is 29.1 Å². The van der Waals surface area contributed by atoms with Gasteiger partial charge in [-0.3, -0.25) is 9.59 Å². The van der Waals surface area contributed by atoms with Crippen molar-refractivity contribution in [1.29, 1.82) is 0 Å². The molecule has 1 aliphatic rings. The van der Waals surface area contributed by atoms with Crippen LogP contribution in [0.4, 0.5) is 4.39 Å². The number of thioether (sulfide) groups is 1. The average Bonchev–Trinajstić information content (AvgIpc) is 2.73. The van der Waals surface area contributed by atoms with E-state index in [9.17, 15) is 19.1 Å². The minimum absolute atomic E-state index is 0.0456. The molecule has 1 aliphatic carbocycles. The number of aliphatic hydroxyl groups is 1. The highest BCUT2D eigenvalue weighted by Crippen LogP contribution is 2.45. The molecule has 0 bridgehead atoms. The van der Waals surface area contributed by atoms with E-state index in [4.69, 9.17) is 0 Å². The number of ketones is 2. The standard InChI is InChI=1S/C23H15FO3S/c24-15-10-12-16(13-11-15)28-23(14-6-2-1-3-7-14)19-20(25)17-8-4-5-9-18(17)21(26)22(19)27/h1-13,23,25H. The van der Waals surface area contributed by atoms with Crippen LogP contribution in [0.5, 0.6) is 0 Å². The molecule has 0 amide bonds. The second-order valence-corrected chi connectivity index (χ2v) is 7.51. The van der Waals surface area contributed by atoms with E-state index in [2.05, 4.69) is 0 Å². The van der Waals surface area contributed by atoms with E-state index in [0.717, 1.165) is 10.5 Å². The van der Waals surface area contributed by atoms with Crippen molar-refractivity contribution in [3.05, 3.63) is 107 Å². The van der Waals surface area contributed by atoms with Crippen LogP contribution in [0.3, 0.4) is 0 Å². The minimum atomic E-state index is -0.723. The van der Waals surface area contributed by atoms with Crippen molar-refractivity contribution in [2.24, 2.45) is 0 Å². The lowest BCUT2D eigenvalue weighted by molar-refractivity contribution is -0.112. The Hall–Kier alpha value is -3.18. The molecule has 0 spiro atoms. The number of aliphatic hydroxyl groups excluding tert-OH is 1. The molecule has 0 radical (unpaired) electrons. The first-order valence-electron chi connectivity index (χ1n) is 8.65. The molecule has 1 N–H and O–H groups in total. The molecule has 138 valence electrons. The van der Waals surface area contributed by atoms with Crippen molar-refractivity contribution in [1.82, 2.24) is 0 Å². The van der Waals surface area contributed by atoms with E-state index in [1.807, 2.05) is 30.3 Å². The Kier molecular flexibility index (Phi) is 4.84. The zero-order chi connectivity index (χ0) is 19.7. The summed E-state index contributed by atoms with van der Waals surface area (Å²) >= 11 is 1.28. The Labute approximate surface area is 165 Å². The molecule has 0 fully saturated rings. The average molecular weight is 390 g/mol. The van der Waals surface area contributed by atoms with E-state index in [0.29, 0.717) is 5.56 Å². The monoisotopic (exact) mass is 390 g/mol. The van der Waals surface area contributed by atoms with Crippen LogP contribution in [-0.2, 0) is 4.79 Å². The lowest BCUT2D eigenvalue weighted by Gasteiger charge is -2.24. The van der Waals surface area contributed by atoms with Gasteiger partial charge >= 0.3 is 0 Å². The molecule has 4 rings (SSSR count). The van der Waals surface area contributed by atoms with Crippen LogP contribution in [0.1, 0.15) is 26.7 Å². The number of hydrogen-bond acceptors (Lipinski definition) is 4. The third-order valence-corrected chi connectivity index (χ3v) is 5.85. The van der Waals surface area contributed by atoms with Crippen molar-refractivity contribution in [2.45, 2.75) is 10.1 Å². The molecule has 1 atom stereocenters. The van der Waals surface area contributed by atoms with Crippen LogP contribution in [0.25, 0.3) is 5.76 Å². The molecule has 0 saturated carbocycles. The van der Waals surface area contributed by atoms with Crippen molar-refractivity contribution in [2.75, 3.05) is 0 Å². The fourth-order valence-corrected chi connectivity index (χ4v) is 4.39. The normalized spacial score (nSPS) is 14.8. The summed E-state index contributed by atoms with van der Waals surface area (Å²) in [6, 6.07) is 21.6. The summed E-state index contributed by atoms with van der Waals surface area (Å²) in [5, 5.41) is 10.3. The molecular weight excluding hydrogens is 375 g/mol. The van der Waals surface area contributed by atoms with Gasteiger partial charge < -0.3 is 5.11 Å². The lowest BCUT2D eigenvalue weighted by atomic mass is 9.85. The highest BCUT2D eigenvalue weighted by molar-refractivity contribution is 7.99. The Morgan fingerprint density at radius 2 is 1.36 bits per heavy atom. The van der Waals surface area contributed by atoms with E-state index in [-0.39, 0.29) is 22.7 Å². The van der Waals surface area contributed by atoms with Gasteiger partial charge in [0.25, 0.3) is 0 Å². The number of fused-ring (bicyclic) bond motifs is 1. The summed E-state index contributed by atoms with van der Waals surface area (Å²) in [5.74, 6) is -1.91. The second-order valence-electron chi connectivity index (χ2n) is 6.33. The highest BCUT2D eigenvalue weighted by atomic mass is 32.2. The van der Waals surface area contributed by atoms with Gasteiger partial charge in [-0.25, -0.2) is 4.39 Å². The molecule has 3 aromatic rings. The first kappa shape index (κ1) is 18.2. The smallest absolute Gasteiger partial charge is 0.234 e. The molecular formula is C23H15FO3S. The fraction of sp³-hybridized carbons (Fsp3) is 0.0435. The quantitative estimate of drug-likeness (QED) is 0.479. The van der Waals surface area contributed by atoms with E-state index >= 15 is 0 Å². The van der Waals surface area contributed by atoms with Gasteiger partial charge in [-0.15, -0.1) is 11.8 Å². The Morgan fingerprint density at radius 3 is 2.04 bits per heavy atom. The molecule has 3 nitrogen and oxygen atoms in total. The zero-order valence-electron chi connectivity index (χ0n) is 14.6. The summed E-state index contributed by atoms with van der Waals surface area (Å²) in [5.41, 5.74) is 1.36. The van der Waals surface area contributed by atoms with Crippen LogP contribution < -0.4 is 0 Å². The molecule has 0 aliphatic heterocycles. The van der Waals surface area contributed by atoms with E-state index in [1.54, 1.807) is 30.3 Å². The molecule has 0 saturated heterocycles. The van der Waals surface area contributed by atoms with Gasteiger partial charge in [0.1, 0.15) is 11.6 Å². The lowest BCUT2D eigenvalue weighted by Crippen LogP contribution is -2.26. The topological polar surface area (TPSA) is 54.4 Å². The maximum Gasteiger partial charge on any atom is 0.234 e. The Balaban J connectivity index is 1.87. The molecule has 0 heterocycles. The van der Waals surface area contributed by atoms with Crippen LogP contribution in [0.2, 0.25) is 0 Å². The number of rotatable bonds is 4. The molecule has 5 heteroatoms. The van der Waals surface area contributed by atoms with Crippen LogP contribution in [0, 0.1) is 5.82 Å². The first-order chi connectivity index (χ1) is 13.6. The Bertz CT molecular complexity index is 1090. The number of benzene rings is 3. The van der Waals surface area contributed by atoms with Crippen molar-refractivity contribution in [3.63, 3.8) is 0 Å². The molecule has 3 aromatic carbocycles. The van der Waals surface area contributed by atoms with Crippen LogP contribution >= 0.6 is 11.8 Å². The number of Topliss-reactive ketones (excluding diaryl/α,β-unsaturated/α-hetero) is 2. The maximum absolute atomic E-state index is 13.3. The van der Waals surface area contributed by atoms with Gasteiger partial charge in [0.15, 0.2) is 0 Å². The van der Waals surface area contributed by atoms with Crippen molar-refractivity contribution < 1.29 is 19.1 Å². The van der Waals surface area contributed by atoms with Gasteiger partial charge in [-0.1, -0.05) is 54.6 Å². The Morgan fingerprint density at radius 1 is 0.750 bits per heavy atom. The third-order valence-electron chi connectivity index (χ3n) is 4.56. The second kappa shape index (κ2) is 7.44. The SMILES string of the molecule is O=C1C(=O)c2ccccc2C(O)=C1C(Sc1ccc(F)cc1)c1ccccc1. The third kappa shape index (κ3) is 3.25. The van der Waals surface area contributed by atoms with E-state index in [1.165, 1.54) is 30.0 Å². The number of hydrogen-bond donors (Lipinski definition) is 1. The van der Waals surface area contributed by atoms with Gasteiger partial charge in [0.2, 0.25) is 11.6 Å². The minimum Gasteiger partial charge on any atom is -0.507 e. The summed E-state index contributed by atoms with van der Waals surface area (Å²) in [6.45, 7) is 0. The largest absolute Gasteiger partial charge is 0.507 e. The van der Waals surface area contributed by atoms with Gasteiger partial charge in [-0.2, -0.15) is 0 Å². The van der Waals surface area contributed by atoms with Gasteiger partial charge in [-0.05, 0) is 29.8 Å². The molecule has 0 aromatic heterocycles. The van der Waals surface area contributed by atoms with E-state index < -0.39 is 16.8 Å².